The van der Waals surface area contributed by atoms with E-state index in [2.05, 4.69) is 26.9 Å². The summed E-state index contributed by atoms with van der Waals surface area (Å²) < 4.78 is 7.16. The Labute approximate surface area is 111 Å². The maximum atomic E-state index is 6.07. The van der Waals surface area contributed by atoms with E-state index in [-0.39, 0.29) is 0 Å². The van der Waals surface area contributed by atoms with Crippen LogP contribution in [0.1, 0.15) is 25.7 Å². The molecule has 1 heterocycles. The average molecular weight is 296 g/mol. The third kappa shape index (κ3) is 3.02. The predicted molar refractivity (Wildman–Crippen MR) is 72.4 cm³/mol. The molecule has 3 rings (SSSR count). The molecule has 1 atom stereocenters. The Bertz CT molecular complexity index is 392. The molecule has 2 fully saturated rings. The number of benzene rings is 1. The normalized spacial score (nSPS) is 25.8. The lowest BCUT2D eigenvalue weighted by Crippen LogP contribution is -2.42. The fraction of sp³-hybridized carbons (Fsp3) is 0.571. The van der Waals surface area contributed by atoms with E-state index >= 15 is 0 Å². The van der Waals surface area contributed by atoms with Gasteiger partial charge in [0.05, 0.1) is 0 Å². The van der Waals surface area contributed by atoms with Gasteiger partial charge in [-0.1, -0.05) is 22.0 Å². The average Bonchev–Trinajstić information content (AvgIpc) is 3.13. The largest absolute Gasteiger partial charge is 0.489 e. The molecule has 17 heavy (non-hydrogen) atoms. The van der Waals surface area contributed by atoms with Crippen LogP contribution in [0.25, 0.3) is 0 Å². The van der Waals surface area contributed by atoms with Crippen LogP contribution in [0.5, 0.6) is 5.75 Å². The highest BCUT2D eigenvalue weighted by atomic mass is 79.9. The molecular weight excluding hydrogens is 278 g/mol. The van der Waals surface area contributed by atoms with Crippen LogP contribution in [-0.4, -0.2) is 30.1 Å². The van der Waals surface area contributed by atoms with Crippen LogP contribution >= 0.6 is 15.9 Å². The Morgan fingerprint density at radius 3 is 2.88 bits per heavy atom. The van der Waals surface area contributed by atoms with Crippen LogP contribution in [0.4, 0.5) is 0 Å². The van der Waals surface area contributed by atoms with Gasteiger partial charge >= 0.3 is 0 Å². The van der Waals surface area contributed by atoms with E-state index in [0.717, 1.165) is 22.8 Å². The van der Waals surface area contributed by atoms with Crippen molar-refractivity contribution in [3.8, 4) is 5.75 Å². The summed E-state index contributed by atoms with van der Waals surface area (Å²) in [6.07, 6.45) is 5.62. The Balaban J connectivity index is 1.60. The van der Waals surface area contributed by atoms with Gasteiger partial charge in [0, 0.05) is 17.1 Å². The van der Waals surface area contributed by atoms with Crippen molar-refractivity contribution in [1.82, 2.24) is 4.90 Å². The standard InChI is InChI=1S/C14H18BrNO/c15-11-3-1-4-13(9-11)17-14-5-2-8-16(10-14)12-6-7-12/h1,3-4,9,12,14H,2,5-8,10H2. The molecule has 1 saturated carbocycles. The van der Waals surface area contributed by atoms with Crippen LogP contribution in [0, 0.1) is 0 Å². The number of hydrogen-bond donors (Lipinski definition) is 0. The first-order valence-corrected chi connectivity index (χ1v) is 7.27. The minimum atomic E-state index is 0.374. The summed E-state index contributed by atoms with van der Waals surface area (Å²) in [6, 6.07) is 9.02. The van der Waals surface area contributed by atoms with Gasteiger partial charge in [0.1, 0.15) is 11.9 Å². The van der Waals surface area contributed by atoms with Crippen molar-refractivity contribution in [3.63, 3.8) is 0 Å². The first kappa shape index (κ1) is 11.5. The van der Waals surface area contributed by atoms with Crippen LogP contribution in [0.2, 0.25) is 0 Å². The molecule has 0 aromatic heterocycles. The molecular formula is C14H18BrNO. The van der Waals surface area contributed by atoms with Gasteiger partial charge < -0.3 is 4.74 Å². The number of nitrogens with zero attached hydrogens (tertiary/aromatic N) is 1. The third-order valence-electron chi connectivity index (χ3n) is 3.57. The van der Waals surface area contributed by atoms with E-state index in [0.29, 0.717) is 6.10 Å². The van der Waals surface area contributed by atoms with Gasteiger partial charge in [-0.2, -0.15) is 0 Å². The summed E-state index contributed by atoms with van der Waals surface area (Å²) in [5.41, 5.74) is 0. The van der Waals surface area contributed by atoms with Crippen molar-refractivity contribution >= 4 is 15.9 Å². The zero-order chi connectivity index (χ0) is 11.7. The molecule has 0 radical (unpaired) electrons. The van der Waals surface area contributed by atoms with Gasteiger partial charge in [-0.15, -0.1) is 0 Å². The lowest BCUT2D eigenvalue weighted by atomic mass is 10.1. The molecule has 1 aromatic carbocycles. The Morgan fingerprint density at radius 2 is 2.12 bits per heavy atom. The molecule has 1 saturated heterocycles. The van der Waals surface area contributed by atoms with Gasteiger partial charge in [-0.05, 0) is 50.4 Å². The maximum Gasteiger partial charge on any atom is 0.120 e. The Kier molecular flexibility index (Phi) is 3.39. The molecule has 1 aliphatic heterocycles. The van der Waals surface area contributed by atoms with Crippen LogP contribution < -0.4 is 4.74 Å². The van der Waals surface area contributed by atoms with Gasteiger partial charge in [-0.3, -0.25) is 4.90 Å². The number of ether oxygens (including phenoxy) is 1. The van der Waals surface area contributed by atoms with E-state index in [9.17, 15) is 0 Å². The highest BCUT2D eigenvalue weighted by Gasteiger charge is 2.33. The second kappa shape index (κ2) is 4.99. The summed E-state index contributed by atoms with van der Waals surface area (Å²) >= 11 is 3.48. The van der Waals surface area contributed by atoms with Crippen LogP contribution in [0.15, 0.2) is 28.7 Å². The van der Waals surface area contributed by atoms with E-state index < -0.39 is 0 Å². The summed E-state index contributed by atoms with van der Waals surface area (Å²) in [6.45, 7) is 2.38. The molecule has 2 nitrogen and oxygen atoms in total. The minimum Gasteiger partial charge on any atom is -0.489 e. The van der Waals surface area contributed by atoms with Gasteiger partial charge in [0.25, 0.3) is 0 Å². The number of rotatable bonds is 3. The molecule has 1 aliphatic carbocycles. The second-order valence-corrected chi connectivity index (χ2v) is 5.98. The van der Waals surface area contributed by atoms with Gasteiger partial charge in [-0.25, -0.2) is 0 Å². The predicted octanol–water partition coefficient (Wildman–Crippen LogP) is 3.45. The quantitative estimate of drug-likeness (QED) is 0.847. The van der Waals surface area contributed by atoms with Crippen molar-refractivity contribution in [2.45, 2.75) is 37.8 Å². The minimum absolute atomic E-state index is 0.374. The van der Waals surface area contributed by atoms with Crippen LogP contribution in [-0.2, 0) is 0 Å². The summed E-state index contributed by atoms with van der Waals surface area (Å²) in [5.74, 6) is 0.988. The van der Waals surface area contributed by atoms with Crippen molar-refractivity contribution < 1.29 is 4.74 Å². The zero-order valence-corrected chi connectivity index (χ0v) is 11.5. The maximum absolute atomic E-state index is 6.07. The van der Waals surface area contributed by atoms with Crippen molar-refractivity contribution in [2.24, 2.45) is 0 Å². The fourth-order valence-corrected chi connectivity index (χ4v) is 2.94. The molecule has 0 spiro atoms. The van der Waals surface area contributed by atoms with Crippen molar-refractivity contribution in [1.29, 1.82) is 0 Å². The summed E-state index contributed by atoms with van der Waals surface area (Å²) in [5, 5.41) is 0. The second-order valence-electron chi connectivity index (χ2n) is 5.07. The first-order valence-electron chi connectivity index (χ1n) is 6.47. The third-order valence-corrected chi connectivity index (χ3v) is 4.06. The monoisotopic (exact) mass is 295 g/mol. The van der Waals surface area contributed by atoms with Crippen molar-refractivity contribution in [2.75, 3.05) is 13.1 Å². The van der Waals surface area contributed by atoms with E-state index in [1.165, 1.54) is 32.2 Å². The number of halogens is 1. The highest BCUT2D eigenvalue weighted by molar-refractivity contribution is 9.10. The summed E-state index contributed by atoms with van der Waals surface area (Å²) in [4.78, 5) is 2.60. The molecule has 2 aliphatic rings. The van der Waals surface area contributed by atoms with E-state index in [1.807, 2.05) is 18.2 Å². The SMILES string of the molecule is Brc1cccc(OC2CCCN(C3CC3)C2)c1. The highest BCUT2D eigenvalue weighted by Crippen LogP contribution is 2.30. The molecule has 1 unspecified atom stereocenters. The molecule has 0 amide bonds. The Hall–Kier alpha value is -0.540. The molecule has 3 heteroatoms. The first-order chi connectivity index (χ1) is 8.31. The van der Waals surface area contributed by atoms with Gasteiger partial charge in [0.15, 0.2) is 0 Å². The lowest BCUT2D eigenvalue weighted by molar-refractivity contribution is 0.0839. The van der Waals surface area contributed by atoms with Crippen molar-refractivity contribution in [3.05, 3.63) is 28.7 Å². The molecule has 0 N–H and O–H groups in total. The number of piperidine rings is 1. The van der Waals surface area contributed by atoms with Crippen LogP contribution in [0.3, 0.4) is 0 Å². The smallest absolute Gasteiger partial charge is 0.120 e. The molecule has 0 bridgehead atoms. The number of hydrogen-bond acceptors (Lipinski definition) is 2. The zero-order valence-electron chi connectivity index (χ0n) is 9.94. The summed E-state index contributed by atoms with van der Waals surface area (Å²) in [7, 11) is 0. The molecule has 1 aromatic rings. The Morgan fingerprint density at radius 1 is 1.24 bits per heavy atom. The lowest BCUT2D eigenvalue weighted by Gasteiger charge is -2.32. The number of likely N-dealkylation sites (tertiary alicyclic amines) is 1. The van der Waals surface area contributed by atoms with E-state index in [1.54, 1.807) is 0 Å². The fourth-order valence-electron chi connectivity index (χ4n) is 2.57. The van der Waals surface area contributed by atoms with E-state index in [4.69, 9.17) is 4.74 Å². The van der Waals surface area contributed by atoms with Gasteiger partial charge in [0.2, 0.25) is 0 Å². The molecule has 92 valence electrons. The topological polar surface area (TPSA) is 12.5 Å².